The van der Waals surface area contributed by atoms with Gasteiger partial charge in [0.2, 0.25) is 11.8 Å². The second kappa shape index (κ2) is 7.26. The second-order valence-corrected chi connectivity index (χ2v) is 6.89. The lowest BCUT2D eigenvalue weighted by molar-refractivity contribution is -0.384. The molecule has 22 heavy (non-hydrogen) atoms. The molecule has 0 bridgehead atoms. The van der Waals surface area contributed by atoms with E-state index in [1.54, 1.807) is 32.9 Å². The van der Waals surface area contributed by atoms with Gasteiger partial charge in [-0.05, 0) is 32.9 Å². The van der Waals surface area contributed by atoms with Crippen LogP contribution in [0.3, 0.4) is 0 Å². The molecule has 0 saturated carbocycles. The van der Waals surface area contributed by atoms with Gasteiger partial charge >= 0.3 is 0 Å². The second-order valence-electron chi connectivity index (χ2n) is 5.48. The van der Waals surface area contributed by atoms with Gasteiger partial charge in [-0.3, -0.25) is 19.7 Å². The molecule has 7 nitrogen and oxygen atoms in total. The SMILES string of the molecule is CC(Sc1ccc([N+](=O)[O-])cc1)C(=O)NCC(C)(C)C(N)=O. The number of carbonyl (C=O) groups is 2. The van der Waals surface area contributed by atoms with E-state index in [2.05, 4.69) is 5.32 Å². The topological polar surface area (TPSA) is 115 Å². The van der Waals surface area contributed by atoms with Gasteiger partial charge in [-0.2, -0.15) is 0 Å². The highest BCUT2D eigenvalue weighted by atomic mass is 32.2. The predicted octanol–water partition coefficient (Wildman–Crippen LogP) is 1.70. The van der Waals surface area contributed by atoms with E-state index in [1.165, 1.54) is 23.9 Å². The van der Waals surface area contributed by atoms with Gasteiger partial charge in [0.1, 0.15) is 0 Å². The summed E-state index contributed by atoms with van der Waals surface area (Å²) >= 11 is 1.28. The van der Waals surface area contributed by atoms with Crippen molar-refractivity contribution in [2.45, 2.75) is 30.9 Å². The number of carbonyl (C=O) groups excluding carboxylic acids is 2. The summed E-state index contributed by atoms with van der Waals surface area (Å²) in [7, 11) is 0. The largest absolute Gasteiger partial charge is 0.369 e. The molecule has 1 unspecified atom stereocenters. The third-order valence-corrected chi connectivity index (χ3v) is 4.21. The van der Waals surface area contributed by atoms with Crippen LogP contribution in [0, 0.1) is 15.5 Å². The Kier molecular flexibility index (Phi) is 5.92. The molecule has 0 fully saturated rings. The van der Waals surface area contributed by atoms with Crippen LogP contribution in [0.2, 0.25) is 0 Å². The van der Waals surface area contributed by atoms with E-state index in [9.17, 15) is 19.7 Å². The Morgan fingerprint density at radius 1 is 1.36 bits per heavy atom. The molecule has 120 valence electrons. The summed E-state index contributed by atoms with van der Waals surface area (Å²) in [5.74, 6) is -0.707. The van der Waals surface area contributed by atoms with Gasteiger partial charge in [0, 0.05) is 23.6 Å². The number of amides is 2. The Bertz CT molecular complexity index is 572. The third-order valence-electron chi connectivity index (χ3n) is 3.10. The molecule has 3 N–H and O–H groups in total. The van der Waals surface area contributed by atoms with Gasteiger partial charge in [-0.25, -0.2) is 0 Å². The van der Waals surface area contributed by atoms with Crippen LogP contribution in [0.1, 0.15) is 20.8 Å². The lowest BCUT2D eigenvalue weighted by Crippen LogP contribution is -2.44. The summed E-state index contributed by atoms with van der Waals surface area (Å²) in [6, 6.07) is 5.98. The molecule has 2 amide bonds. The third kappa shape index (κ3) is 5.03. The van der Waals surface area contributed by atoms with Gasteiger partial charge < -0.3 is 11.1 Å². The Morgan fingerprint density at radius 2 is 1.91 bits per heavy atom. The molecular weight excluding hydrogens is 306 g/mol. The van der Waals surface area contributed by atoms with Crippen molar-refractivity contribution in [1.82, 2.24) is 5.32 Å². The first kappa shape index (κ1) is 18.0. The molecule has 1 aromatic rings. The molecule has 0 heterocycles. The summed E-state index contributed by atoms with van der Waals surface area (Å²) in [5.41, 5.74) is 4.44. The van der Waals surface area contributed by atoms with Crippen molar-refractivity contribution >= 4 is 29.3 Å². The number of rotatable bonds is 7. The van der Waals surface area contributed by atoms with Crippen LogP contribution in [0.15, 0.2) is 29.2 Å². The van der Waals surface area contributed by atoms with E-state index in [0.29, 0.717) is 0 Å². The summed E-state index contributed by atoms with van der Waals surface area (Å²) in [4.78, 5) is 34.0. The van der Waals surface area contributed by atoms with Crippen LogP contribution >= 0.6 is 11.8 Å². The Hall–Kier alpha value is -2.09. The number of non-ortho nitro benzene ring substituents is 1. The Morgan fingerprint density at radius 3 is 2.36 bits per heavy atom. The van der Waals surface area contributed by atoms with Crippen molar-refractivity contribution < 1.29 is 14.5 Å². The molecule has 8 heteroatoms. The zero-order valence-corrected chi connectivity index (χ0v) is 13.5. The molecule has 1 atom stereocenters. The number of nitrogens with two attached hydrogens (primary N) is 1. The first-order valence-corrected chi connectivity index (χ1v) is 7.50. The zero-order valence-electron chi connectivity index (χ0n) is 12.7. The zero-order chi connectivity index (χ0) is 16.9. The van der Waals surface area contributed by atoms with Crippen LogP contribution in [-0.4, -0.2) is 28.5 Å². The van der Waals surface area contributed by atoms with Crippen LogP contribution in [0.4, 0.5) is 5.69 Å². The van der Waals surface area contributed by atoms with Crippen molar-refractivity contribution in [3.63, 3.8) is 0 Å². The van der Waals surface area contributed by atoms with E-state index in [-0.39, 0.29) is 18.1 Å². The first-order valence-electron chi connectivity index (χ1n) is 6.62. The molecule has 0 aliphatic heterocycles. The standard InChI is InChI=1S/C14H19N3O4S/c1-9(12(18)16-8-14(2,3)13(15)19)22-11-6-4-10(5-7-11)17(20)21/h4-7,9H,8H2,1-3H3,(H2,15,19)(H,16,18). The quantitative estimate of drug-likeness (QED) is 0.450. The fourth-order valence-electron chi connectivity index (χ4n) is 1.44. The minimum Gasteiger partial charge on any atom is -0.369 e. The van der Waals surface area contributed by atoms with E-state index < -0.39 is 21.5 Å². The maximum absolute atomic E-state index is 12.0. The predicted molar refractivity (Wildman–Crippen MR) is 84.4 cm³/mol. The minimum atomic E-state index is -0.812. The summed E-state index contributed by atoms with van der Waals surface area (Å²) < 4.78 is 0. The number of benzene rings is 1. The molecule has 1 rings (SSSR count). The molecule has 0 saturated heterocycles. The van der Waals surface area contributed by atoms with Gasteiger partial charge in [-0.15, -0.1) is 11.8 Å². The number of hydrogen-bond acceptors (Lipinski definition) is 5. The monoisotopic (exact) mass is 325 g/mol. The molecular formula is C14H19N3O4S. The molecule has 0 aromatic heterocycles. The van der Waals surface area contributed by atoms with Crippen molar-refractivity contribution in [2.24, 2.45) is 11.1 Å². The molecule has 0 aliphatic carbocycles. The van der Waals surface area contributed by atoms with Gasteiger partial charge in [0.25, 0.3) is 5.69 Å². The van der Waals surface area contributed by atoms with E-state index >= 15 is 0 Å². The summed E-state index contributed by atoms with van der Waals surface area (Å²) in [6.45, 7) is 5.19. The van der Waals surface area contributed by atoms with Gasteiger partial charge in [0.05, 0.1) is 15.6 Å². The van der Waals surface area contributed by atoms with Crippen LogP contribution in [-0.2, 0) is 9.59 Å². The fourth-order valence-corrected chi connectivity index (χ4v) is 2.33. The highest BCUT2D eigenvalue weighted by Crippen LogP contribution is 2.25. The number of thioether (sulfide) groups is 1. The molecule has 0 radical (unpaired) electrons. The van der Waals surface area contributed by atoms with Crippen molar-refractivity contribution in [3.8, 4) is 0 Å². The van der Waals surface area contributed by atoms with Gasteiger partial charge in [-0.1, -0.05) is 0 Å². The maximum Gasteiger partial charge on any atom is 0.269 e. The van der Waals surface area contributed by atoms with E-state index in [1.807, 2.05) is 0 Å². The molecule has 1 aromatic carbocycles. The highest BCUT2D eigenvalue weighted by molar-refractivity contribution is 8.00. The first-order chi connectivity index (χ1) is 10.1. The van der Waals surface area contributed by atoms with Crippen molar-refractivity contribution in [2.75, 3.05) is 6.54 Å². The minimum absolute atomic E-state index is 0.00432. The van der Waals surface area contributed by atoms with Gasteiger partial charge in [0.15, 0.2) is 0 Å². The average Bonchev–Trinajstić information content (AvgIpc) is 2.45. The molecule has 0 aliphatic rings. The number of nitro benzene ring substituents is 1. The fraction of sp³-hybridized carbons (Fsp3) is 0.429. The average molecular weight is 325 g/mol. The van der Waals surface area contributed by atoms with Crippen molar-refractivity contribution in [3.05, 3.63) is 34.4 Å². The summed E-state index contributed by atoms with van der Waals surface area (Å²) in [6.07, 6.45) is 0. The van der Waals surface area contributed by atoms with E-state index in [4.69, 9.17) is 5.73 Å². The van der Waals surface area contributed by atoms with Crippen LogP contribution in [0.5, 0.6) is 0 Å². The number of hydrogen-bond donors (Lipinski definition) is 2. The normalized spacial score (nSPS) is 12.5. The molecule has 0 spiro atoms. The number of nitrogens with zero attached hydrogens (tertiary/aromatic N) is 1. The summed E-state index contributed by atoms with van der Waals surface area (Å²) in [5, 5.41) is 12.9. The Balaban J connectivity index is 2.57. The van der Waals surface area contributed by atoms with Crippen molar-refractivity contribution in [1.29, 1.82) is 0 Å². The smallest absolute Gasteiger partial charge is 0.269 e. The van der Waals surface area contributed by atoms with Crippen LogP contribution in [0.25, 0.3) is 0 Å². The lowest BCUT2D eigenvalue weighted by Gasteiger charge is -2.22. The highest BCUT2D eigenvalue weighted by Gasteiger charge is 2.26. The number of nitro groups is 1. The number of primary amides is 1. The van der Waals surface area contributed by atoms with Crippen LogP contribution < -0.4 is 11.1 Å². The Labute approximate surface area is 132 Å². The maximum atomic E-state index is 12.0. The lowest BCUT2D eigenvalue weighted by atomic mass is 9.93. The number of nitrogens with one attached hydrogen (secondary N) is 1. The van der Waals surface area contributed by atoms with E-state index in [0.717, 1.165) is 4.90 Å².